The van der Waals surface area contributed by atoms with Crippen LogP contribution in [0.25, 0.3) is 22.0 Å². The molecule has 8 heteroatoms. The van der Waals surface area contributed by atoms with Crippen molar-refractivity contribution in [1.82, 2.24) is 15.1 Å². The van der Waals surface area contributed by atoms with E-state index in [-0.39, 0.29) is 24.2 Å². The highest BCUT2D eigenvalue weighted by Gasteiger charge is 2.24. The van der Waals surface area contributed by atoms with Crippen molar-refractivity contribution in [2.45, 2.75) is 12.8 Å². The first-order valence-electron chi connectivity index (χ1n) is 8.94. The lowest BCUT2D eigenvalue weighted by atomic mass is 9.96. The number of carbonyl (C=O) groups excluding carboxylic acids is 1. The van der Waals surface area contributed by atoms with Gasteiger partial charge >= 0.3 is 0 Å². The Hall–Kier alpha value is -1.79. The normalized spacial score (nSPS) is 15.4. The Morgan fingerprint density at radius 1 is 1.18 bits per heavy atom. The summed E-state index contributed by atoms with van der Waals surface area (Å²) < 4.78 is 0. The largest absolute Gasteiger partial charge is 0.308 e. The number of amides is 1. The third-order valence-corrected chi connectivity index (χ3v) is 5.68. The predicted octanol–water partition coefficient (Wildman–Crippen LogP) is 5.24. The molecule has 1 aliphatic rings. The number of fused-ring (bicyclic) bond motifs is 1. The van der Waals surface area contributed by atoms with Crippen molar-refractivity contribution in [2.24, 2.45) is 5.92 Å². The number of halogens is 3. The smallest absolute Gasteiger partial charge is 0.228 e. The van der Waals surface area contributed by atoms with Gasteiger partial charge in [-0.05, 0) is 62.8 Å². The van der Waals surface area contributed by atoms with Gasteiger partial charge in [-0.25, -0.2) is 0 Å². The van der Waals surface area contributed by atoms with Crippen molar-refractivity contribution < 1.29 is 4.79 Å². The molecular weight excluding hydrogens is 419 g/mol. The fraction of sp³-hybridized carbons (Fsp3) is 0.300. The maximum absolute atomic E-state index is 12.6. The molecule has 28 heavy (non-hydrogen) atoms. The Bertz CT molecular complexity index is 996. The van der Waals surface area contributed by atoms with Crippen LogP contribution in [0.3, 0.4) is 0 Å². The summed E-state index contributed by atoms with van der Waals surface area (Å²) in [4.78, 5) is 14.9. The first kappa shape index (κ1) is 20.9. The van der Waals surface area contributed by atoms with Gasteiger partial charge in [-0.15, -0.1) is 12.4 Å². The van der Waals surface area contributed by atoms with Gasteiger partial charge in [0, 0.05) is 26.9 Å². The van der Waals surface area contributed by atoms with Crippen molar-refractivity contribution in [3.8, 4) is 11.1 Å². The molecule has 148 valence electrons. The van der Waals surface area contributed by atoms with Crippen LogP contribution in [0, 0.1) is 5.92 Å². The lowest BCUT2D eigenvalue weighted by Crippen LogP contribution is -2.36. The number of H-pyrrole nitrogens is 1. The van der Waals surface area contributed by atoms with Gasteiger partial charge < -0.3 is 10.2 Å². The van der Waals surface area contributed by atoms with E-state index in [4.69, 9.17) is 23.2 Å². The zero-order valence-corrected chi connectivity index (χ0v) is 17.7. The van der Waals surface area contributed by atoms with Gasteiger partial charge in [0.1, 0.15) is 0 Å². The highest BCUT2D eigenvalue weighted by Crippen LogP contribution is 2.33. The van der Waals surface area contributed by atoms with Crippen molar-refractivity contribution >= 4 is 58.2 Å². The molecule has 1 fully saturated rings. The zero-order chi connectivity index (χ0) is 19.0. The molecule has 1 aromatic heterocycles. The Morgan fingerprint density at radius 3 is 2.64 bits per heavy atom. The number of carbonyl (C=O) groups is 1. The van der Waals surface area contributed by atoms with Gasteiger partial charge in [0.25, 0.3) is 0 Å². The molecule has 2 heterocycles. The van der Waals surface area contributed by atoms with Gasteiger partial charge in [0.15, 0.2) is 5.82 Å². The summed E-state index contributed by atoms with van der Waals surface area (Å²) in [6.07, 6.45) is 1.74. The molecule has 5 nitrogen and oxygen atoms in total. The van der Waals surface area contributed by atoms with E-state index in [1.165, 1.54) is 0 Å². The molecule has 0 aliphatic carbocycles. The number of benzene rings is 2. The minimum atomic E-state index is 0. The second-order valence-electron chi connectivity index (χ2n) is 7.02. The third-order valence-electron chi connectivity index (χ3n) is 5.14. The number of aromatic nitrogens is 2. The van der Waals surface area contributed by atoms with Crippen LogP contribution in [0.4, 0.5) is 5.82 Å². The quantitative estimate of drug-likeness (QED) is 0.587. The maximum Gasteiger partial charge on any atom is 0.228 e. The first-order valence-corrected chi connectivity index (χ1v) is 9.70. The van der Waals surface area contributed by atoms with Gasteiger partial charge in [0.2, 0.25) is 5.91 Å². The highest BCUT2D eigenvalue weighted by molar-refractivity contribution is 6.36. The number of nitrogens with zero attached hydrogens (tertiary/aromatic N) is 2. The first-order chi connectivity index (χ1) is 13.0. The molecule has 1 saturated heterocycles. The Balaban J connectivity index is 0.00000225. The van der Waals surface area contributed by atoms with Crippen LogP contribution in [0.15, 0.2) is 36.4 Å². The molecule has 0 bridgehead atoms. The zero-order valence-electron chi connectivity index (χ0n) is 15.3. The van der Waals surface area contributed by atoms with Crippen molar-refractivity contribution in [2.75, 3.05) is 25.5 Å². The highest BCUT2D eigenvalue weighted by atomic mass is 35.5. The fourth-order valence-electron chi connectivity index (χ4n) is 3.49. The summed E-state index contributed by atoms with van der Waals surface area (Å²) in [5, 5.41) is 12.3. The molecule has 3 aromatic rings. The Morgan fingerprint density at radius 2 is 1.93 bits per heavy atom. The van der Waals surface area contributed by atoms with E-state index < -0.39 is 0 Å². The lowest BCUT2D eigenvalue weighted by Gasteiger charge is -2.27. The number of hydrogen-bond donors (Lipinski definition) is 2. The van der Waals surface area contributed by atoms with E-state index in [2.05, 4.69) is 27.5 Å². The van der Waals surface area contributed by atoms with Crippen LogP contribution in [0.1, 0.15) is 12.8 Å². The van der Waals surface area contributed by atoms with Crippen LogP contribution in [-0.2, 0) is 4.79 Å². The van der Waals surface area contributed by atoms with Gasteiger partial charge in [-0.2, -0.15) is 5.10 Å². The minimum absolute atomic E-state index is 0. The Labute approximate surface area is 179 Å². The average Bonchev–Trinajstić information content (AvgIpc) is 3.04. The van der Waals surface area contributed by atoms with Gasteiger partial charge in [-0.1, -0.05) is 35.3 Å². The summed E-state index contributed by atoms with van der Waals surface area (Å²) in [5.41, 5.74) is 2.69. The number of piperidine rings is 1. The molecule has 2 N–H and O–H groups in total. The number of rotatable bonds is 3. The summed E-state index contributed by atoms with van der Waals surface area (Å²) in [6.45, 7) is 1.89. The maximum atomic E-state index is 12.6. The van der Waals surface area contributed by atoms with E-state index in [9.17, 15) is 4.79 Å². The molecule has 0 atom stereocenters. The number of likely N-dealkylation sites (tertiary alicyclic amines) is 1. The molecule has 0 unspecified atom stereocenters. The molecule has 1 amide bonds. The lowest BCUT2D eigenvalue weighted by molar-refractivity contribution is -0.121. The topological polar surface area (TPSA) is 61.0 Å². The van der Waals surface area contributed by atoms with Gasteiger partial charge in [0.05, 0.1) is 5.52 Å². The minimum Gasteiger partial charge on any atom is -0.308 e. The SMILES string of the molecule is CN1CCC(C(=O)Nc2n[nH]c3ccc(-c4ccc(Cl)cc4Cl)cc23)CC1.Cl. The van der Waals surface area contributed by atoms with E-state index in [1.54, 1.807) is 6.07 Å². The molecule has 1 aliphatic heterocycles. The van der Waals surface area contributed by atoms with Crippen molar-refractivity contribution in [3.63, 3.8) is 0 Å². The van der Waals surface area contributed by atoms with E-state index in [1.807, 2.05) is 30.3 Å². The Kier molecular flexibility index (Phi) is 6.50. The molecular formula is C20H21Cl3N4O. The number of anilines is 1. The van der Waals surface area contributed by atoms with E-state index in [0.29, 0.717) is 15.9 Å². The summed E-state index contributed by atoms with van der Waals surface area (Å²) in [7, 11) is 2.08. The molecule has 2 aromatic carbocycles. The predicted molar refractivity (Wildman–Crippen MR) is 118 cm³/mol. The molecule has 0 saturated carbocycles. The standard InChI is InChI=1S/C20H20Cl2N4O.ClH/c1-26-8-6-12(7-9-26)20(27)23-19-16-10-13(2-5-18(16)24-25-19)15-4-3-14(21)11-17(15)22;/h2-5,10-12H,6-9H2,1H3,(H2,23,24,25,27);1H. The van der Waals surface area contributed by atoms with Crippen LogP contribution >= 0.6 is 35.6 Å². The van der Waals surface area contributed by atoms with Crippen LogP contribution in [-0.4, -0.2) is 41.1 Å². The van der Waals surface area contributed by atoms with Crippen molar-refractivity contribution in [3.05, 3.63) is 46.4 Å². The number of nitrogens with one attached hydrogen (secondary N) is 2. The van der Waals surface area contributed by atoms with Crippen LogP contribution in [0.2, 0.25) is 10.0 Å². The average molecular weight is 440 g/mol. The summed E-state index contributed by atoms with van der Waals surface area (Å²) in [5.74, 6) is 0.620. The third kappa shape index (κ3) is 4.28. The number of hydrogen-bond acceptors (Lipinski definition) is 3. The fourth-order valence-corrected chi connectivity index (χ4v) is 4.01. The molecule has 4 rings (SSSR count). The van der Waals surface area contributed by atoms with E-state index >= 15 is 0 Å². The van der Waals surface area contributed by atoms with Crippen LogP contribution < -0.4 is 5.32 Å². The van der Waals surface area contributed by atoms with Crippen LogP contribution in [0.5, 0.6) is 0 Å². The summed E-state index contributed by atoms with van der Waals surface area (Å²) in [6, 6.07) is 11.3. The van der Waals surface area contributed by atoms with E-state index in [0.717, 1.165) is 48.0 Å². The monoisotopic (exact) mass is 438 g/mol. The summed E-state index contributed by atoms with van der Waals surface area (Å²) >= 11 is 12.3. The van der Waals surface area contributed by atoms with Crippen molar-refractivity contribution in [1.29, 1.82) is 0 Å². The second-order valence-corrected chi connectivity index (χ2v) is 7.87. The molecule has 0 radical (unpaired) electrons. The second kappa shape index (κ2) is 8.70. The number of aromatic amines is 1. The van der Waals surface area contributed by atoms with Gasteiger partial charge in [-0.3, -0.25) is 9.89 Å². The molecule has 0 spiro atoms.